The van der Waals surface area contributed by atoms with E-state index in [-0.39, 0.29) is 0 Å². The molecule has 0 spiro atoms. The first-order valence-electron chi connectivity index (χ1n) is 23.3. The zero-order valence-electron chi connectivity index (χ0n) is 36.9. The highest BCUT2D eigenvalue weighted by atomic mass is 16.3. The summed E-state index contributed by atoms with van der Waals surface area (Å²) < 4.78 is 12.9. The summed E-state index contributed by atoms with van der Waals surface area (Å²) >= 11 is 0. The van der Waals surface area contributed by atoms with Crippen molar-refractivity contribution in [2.75, 3.05) is 4.90 Å². The number of hydrogen-bond acceptors (Lipinski definition) is 3. The average molecular weight is 868 g/mol. The Morgan fingerprint density at radius 1 is 0.294 bits per heavy atom. The van der Waals surface area contributed by atoms with Crippen molar-refractivity contribution < 1.29 is 8.83 Å². The average Bonchev–Trinajstić information content (AvgIpc) is 4.07. The number of hydrogen-bond donors (Lipinski definition) is 0. The number of benzene rings is 11. The molecule has 2 aromatic heterocycles. The maximum absolute atomic E-state index is 6.50. The number of anilines is 3. The molecule has 0 atom stereocenters. The van der Waals surface area contributed by atoms with Gasteiger partial charge in [0.05, 0.1) is 5.41 Å². The van der Waals surface area contributed by atoms with Crippen LogP contribution < -0.4 is 4.90 Å². The quantitative estimate of drug-likeness (QED) is 0.160. The Morgan fingerprint density at radius 2 is 0.853 bits per heavy atom. The van der Waals surface area contributed by atoms with Gasteiger partial charge in [-0.1, -0.05) is 182 Å². The number of fused-ring (bicyclic) bond motifs is 10. The first-order valence-corrected chi connectivity index (χ1v) is 23.3. The van der Waals surface area contributed by atoms with E-state index in [2.05, 4.69) is 241 Å². The highest BCUT2D eigenvalue weighted by molar-refractivity contribution is 6.11. The van der Waals surface area contributed by atoms with Crippen molar-refractivity contribution in [3.05, 3.63) is 271 Å². The monoisotopic (exact) mass is 867 g/mol. The molecule has 0 N–H and O–H groups in total. The van der Waals surface area contributed by atoms with E-state index in [1.54, 1.807) is 0 Å². The summed E-state index contributed by atoms with van der Waals surface area (Å²) in [5, 5.41) is 6.88. The molecular weight excluding hydrogens is 827 g/mol. The lowest BCUT2D eigenvalue weighted by Crippen LogP contribution is -2.28. The molecule has 1 aliphatic rings. The second-order valence-electron chi connectivity index (χ2n) is 18.0. The van der Waals surface area contributed by atoms with Crippen LogP contribution in [0, 0.1) is 0 Å². The third-order valence-electron chi connectivity index (χ3n) is 14.3. The van der Waals surface area contributed by atoms with Crippen LogP contribution in [0.3, 0.4) is 0 Å². The second-order valence-corrected chi connectivity index (χ2v) is 18.0. The standard InChI is InChI=1S/C65H41NO2/c1-3-16-47(17-4-1)65(48-18-5-2-6-19-48)59-24-11-9-20-53(59)56-41-51(35-36-60(56)65)66(50-33-28-43(29-34-50)52-22-13-23-55-54-21-10-12-25-61(54)68-64(52)55)49-31-26-42(27-32-49)46-30-37-62-57(39-46)58-38-44-14-7-8-15-45(44)40-63(58)67-62/h1-41H. The van der Waals surface area contributed by atoms with Gasteiger partial charge in [0.15, 0.2) is 0 Å². The van der Waals surface area contributed by atoms with E-state index >= 15 is 0 Å². The third kappa shape index (κ3) is 5.79. The summed E-state index contributed by atoms with van der Waals surface area (Å²) in [6.07, 6.45) is 0. The molecule has 0 radical (unpaired) electrons. The first-order chi connectivity index (χ1) is 33.7. The van der Waals surface area contributed by atoms with Crippen molar-refractivity contribution in [2.24, 2.45) is 0 Å². The Labute approximate surface area is 393 Å². The molecule has 3 heteroatoms. The SMILES string of the molecule is c1ccc(C2(c3ccccc3)c3ccccc3-c3cc(N(c4ccc(-c5ccc6oc7cc8ccccc8cc7c6c5)cc4)c4ccc(-c5cccc6c5oc5ccccc56)cc4)ccc32)cc1. The van der Waals surface area contributed by atoms with Crippen molar-refractivity contribution >= 4 is 71.7 Å². The molecule has 0 saturated heterocycles. The molecule has 11 aromatic carbocycles. The topological polar surface area (TPSA) is 29.5 Å². The molecule has 14 rings (SSSR count). The molecule has 0 unspecified atom stereocenters. The van der Waals surface area contributed by atoms with E-state index in [4.69, 9.17) is 8.83 Å². The number of nitrogens with zero attached hydrogens (tertiary/aromatic N) is 1. The van der Waals surface area contributed by atoms with Crippen LogP contribution in [0.25, 0.3) is 88.0 Å². The Morgan fingerprint density at radius 3 is 1.62 bits per heavy atom. The van der Waals surface area contributed by atoms with Gasteiger partial charge in [-0.25, -0.2) is 0 Å². The highest BCUT2D eigenvalue weighted by Crippen LogP contribution is 2.57. The van der Waals surface area contributed by atoms with Gasteiger partial charge in [0.2, 0.25) is 0 Å². The fourth-order valence-electron chi connectivity index (χ4n) is 11.2. The Bertz CT molecular complexity index is 4030. The molecule has 0 fully saturated rings. The summed E-state index contributed by atoms with van der Waals surface area (Å²) in [7, 11) is 0. The summed E-state index contributed by atoms with van der Waals surface area (Å²) in [6, 6.07) is 90.1. The van der Waals surface area contributed by atoms with Gasteiger partial charge in [-0.05, 0) is 128 Å². The highest BCUT2D eigenvalue weighted by Gasteiger charge is 2.46. The van der Waals surface area contributed by atoms with Gasteiger partial charge in [0.25, 0.3) is 0 Å². The molecule has 68 heavy (non-hydrogen) atoms. The summed E-state index contributed by atoms with van der Waals surface area (Å²) in [4.78, 5) is 2.39. The fraction of sp³-hybridized carbons (Fsp3) is 0.0154. The van der Waals surface area contributed by atoms with Crippen LogP contribution in [0.4, 0.5) is 17.1 Å². The smallest absolute Gasteiger partial charge is 0.143 e. The van der Waals surface area contributed by atoms with Crippen LogP contribution in [0.1, 0.15) is 22.3 Å². The number of para-hydroxylation sites is 2. The van der Waals surface area contributed by atoms with Crippen molar-refractivity contribution in [1.29, 1.82) is 0 Å². The minimum Gasteiger partial charge on any atom is -0.456 e. The van der Waals surface area contributed by atoms with Gasteiger partial charge in [-0.3, -0.25) is 0 Å². The molecule has 2 heterocycles. The molecule has 0 saturated carbocycles. The van der Waals surface area contributed by atoms with Crippen LogP contribution in [0.5, 0.6) is 0 Å². The van der Waals surface area contributed by atoms with Gasteiger partial charge >= 0.3 is 0 Å². The second kappa shape index (κ2) is 15.1. The molecular formula is C65H41NO2. The summed E-state index contributed by atoms with van der Waals surface area (Å²) in [6.45, 7) is 0. The fourth-order valence-corrected chi connectivity index (χ4v) is 11.2. The zero-order valence-corrected chi connectivity index (χ0v) is 36.9. The molecule has 318 valence electrons. The third-order valence-corrected chi connectivity index (χ3v) is 14.3. The van der Waals surface area contributed by atoms with E-state index in [1.165, 1.54) is 44.2 Å². The first kappa shape index (κ1) is 38.4. The van der Waals surface area contributed by atoms with E-state index in [9.17, 15) is 0 Å². The predicted octanol–water partition coefficient (Wildman–Crippen LogP) is 17.8. The minimum atomic E-state index is -0.479. The largest absolute Gasteiger partial charge is 0.456 e. The summed E-state index contributed by atoms with van der Waals surface area (Å²) in [5.41, 5.74) is 18.3. The van der Waals surface area contributed by atoms with E-state index in [0.717, 1.165) is 83.2 Å². The molecule has 1 aliphatic carbocycles. The summed E-state index contributed by atoms with van der Waals surface area (Å²) in [5.74, 6) is 0. The number of rotatable bonds is 7. The van der Waals surface area contributed by atoms with Crippen LogP contribution in [-0.4, -0.2) is 0 Å². The van der Waals surface area contributed by atoms with Crippen molar-refractivity contribution in [1.82, 2.24) is 0 Å². The van der Waals surface area contributed by atoms with Crippen LogP contribution in [0.2, 0.25) is 0 Å². The lowest BCUT2D eigenvalue weighted by molar-refractivity contribution is 0.669. The Balaban J connectivity index is 0.917. The zero-order chi connectivity index (χ0) is 44.8. The molecule has 13 aromatic rings. The molecule has 0 amide bonds. The van der Waals surface area contributed by atoms with E-state index in [0.29, 0.717) is 0 Å². The molecule has 0 aliphatic heterocycles. The maximum Gasteiger partial charge on any atom is 0.143 e. The van der Waals surface area contributed by atoms with Crippen LogP contribution in [-0.2, 0) is 5.41 Å². The normalized spacial score (nSPS) is 12.8. The van der Waals surface area contributed by atoms with Crippen molar-refractivity contribution in [3.63, 3.8) is 0 Å². The molecule has 3 nitrogen and oxygen atoms in total. The predicted molar refractivity (Wildman–Crippen MR) is 281 cm³/mol. The Kier molecular flexibility index (Phi) is 8.50. The maximum atomic E-state index is 6.50. The van der Waals surface area contributed by atoms with Gasteiger partial charge in [0, 0.05) is 44.2 Å². The van der Waals surface area contributed by atoms with Crippen molar-refractivity contribution in [3.8, 4) is 33.4 Å². The Hall–Kier alpha value is -8.92. The van der Waals surface area contributed by atoms with Gasteiger partial charge in [-0.2, -0.15) is 0 Å². The lowest BCUT2D eigenvalue weighted by atomic mass is 9.68. The lowest BCUT2D eigenvalue weighted by Gasteiger charge is -2.34. The van der Waals surface area contributed by atoms with Crippen LogP contribution >= 0.6 is 0 Å². The van der Waals surface area contributed by atoms with Crippen LogP contribution in [0.15, 0.2) is 258 Å². The van der Waals surface area contributed by atoms with Gasteiger partial charge in [-0.15, -0.1) is 0 Å². The van der Waals surface area contributed by atoms with Crippen molar-refractivity contribution in [2.45, 2.75) is 5.41 Å². The van der Waals surface area contributed by atoms with Gasteiger partial charge < -0.3 is 13.7 Å². The molecule has 0 bridgehead atoms. The van der Waals surface area contributed by atoms with E-state index in [1.807, 2.05) is 12.1 Å². The minimum absolute atomic E-state index is 0.479. The number of furan rings is 2. The van der Waals surface area contributed by atoms with E-state index < -0.39 is 5.41 Å². The van der Waals surface area contributed by atoms with Gasteiger partial charge in [0.1, 0.15) is 22.3 Å².